The summed E-state index contributed by atoms with van der Waals surface area (Å²) in [5, 5.41) is 41.4. The van der Waals surface area contributed by atoms with Gasteiger partial charge in [0.25, 0.3) is 0 Å². The van der Waals surface area contributed by atoms with Gasteiger partial charge in [-0.2, -0.15) is 0 Å². The van der Waals surface area contributed by atoms with E-state index < -0.39 is 85.5 Å². The van der Waals surface area contributed by atoms with Crippen LogP contribution in [0.3, 0.4) is 0 Å². The number of aliphatic hydroxyl groups excluding tert-OH is 3. The van der Waals surface area contributed by atoms with Crippen LogP contribution in [0.1, 0.15) is 62.9 Å². The summed E-state index contributed by atoms with van der Waals surface area (Å²) in [5.41, 5.74) is -3.20. The molecular weight excluding hydrogens is 487 g/mol. The van der Waals surface area contributed by atoms with Crippen molar-refractivity contribution in [2.45, 2.75) is 74.5 Å². The second-order valence-corrected chi connectivity index (χ2v) is 9.15. The number of fused-ring (bicyclic) bond motifs is 1. The second kappa shape index (κ2) is 10.5. The van der Waals surface area contributed by atoms with Gasteiger partial charge in [-0.1, -0.05) is 36.0 Å². The zero-order valence-corrected chi connectivity index (χ0v) is 20.1. The van der Waals surface area contributed by atoms with Gasteiger partial charge < -0.3 is 25.4 Å². The fourth-order valence-electron chi connectivity index (χ4n) is 4.09. The monoisotopic (exact) mass is 528 g/mol. The number of hydrogen-bond acceptors (Lipinski definition) is 10. The van der Waals surface area contributed by atoms with Crippen molar-refractivity contribution in [1.29, 1.82) is 0 Å². The lowest BCUT2D eigenvalue weighted by atomic mass is 10.1. The van der Waals surface area contributed by atoms with Crippen molar-refractivity contribution >= 4 is 28.7 Å². The molecule has 2 aliphatic rings. The number of hydrogen-bond donors (Lipinski definition) is 4. The highest BCUT2D eigenvalue weighted by molar-refractivity contribution is 7.99. The first kappa shape index (κ1) is 15.8. The van der Waals surface area contributed by atoms with Crippen molar-refractivity contribution in [3.05, 3.63) is 35.1 Å². The van der Waals surface area contributed by atoms with Crippen molar-refractivity contribution in [2.75, 3.05) is 24.2 Å². The Kier molecular flexibility index (Phi) is 4.62. The number of anilines is 1. The summed E-state index contributed by atoms with van der Waals surface area (Å²) in [6.07, 6.45) is -7.07. The van der Waals surface area contributed by atoms with Gasteiger partial charge in [0.1, 0.15) is 18.0 Å². The first-order valence-electron chi connectivity index (χ1n) is 16.1. The molecule has 2 aromatic heterocycles. The molecule has 0 radical (unpaired) electrons. The lowest BCUT2D eigenvalue weighted by Crippen LogP contribution is -2.33. The van der Waals surface area contributed by atoms with E-state index in [0.717, 1.165) is 11.6 Å². The topological polar surface area (TPSA) is 138 Å². The molecule has 0 amide bonds. The molecule has 2 heterocycles. The zero-order valence-electron chi connectivity index (χ0n) is 29.3. The molecule has 2 fully saturated rings. The largest absolute Gasteiger partial charge is 0.394 e. The molecule has 1 aromatic carbocycles. The summed E-state index contributed by atoms with van der Waals surface area (Å²) in [4.78, 5) is 8.61. The fraction of sp³-hybridized carbons (Fsp3) is 0.583. The number of rotatable bonds is 10. The molecule has 0 saturated heterocycles. The minimum atomic E-state index is -2.56. The first-order chi connectivity index (χ1) is 21.1. The van der Waals surface area contributed by atoms with Crippen LogP contribution >= 0.6 is 11.8 Å². The van der Waals surface area contributed by atoms with E-state index in [4.69, 9.17) is 18.4 Å². The summed E-state index contributed by atoms with van der Waals surface area (Å²) in [7, 11) is 0. The maximum Gasteiger partial charge on any atom is 0.191 e. The average molecular weight is 529 g/mol. The van der Waals surface area contributed by atoms with Crippen LogP contribution in [0.2, 0.25) is 0 Å². The van der Waals surface area contributed by atoms with Gasteiger partial charge in [-0.15, -0.1) is 5.10 Å². The highest BCUT2D eigenvalue weighted by atomic mass is 32.2. The highest BCUT2D eigenvalue weighted by Crippen LogP contribution is 2.44. The third-order valence-corrected chi connectivity index (χ3v) is 6.69. The average Bonchev–Trinajstić information content (AvgIpc) is 3.27. The van der Waals surface area contributed by atoms with Crippen LogP contribution in [0.4, 0.5) is 10.2 Å². The van der Waals surface area contributed by atoms with Crippen molar-refractivity contribution in [2.24, 2.45) is 0 Å². The third-order valence-electron chi connectivity index (χ3n) is 6.02. The molecule has 2 saturated carbocycles. The van der Waals surface area contributed by atoms with Gasteiger partial charge >= 0.3 is 0 Å². The molecule has 36 heavy (non-hydrogen) atoms. The first-order valence-corrected chi connectivity index (χ1v) is 11.9. The van der Waals surface area contributed by atoms with Crippen molar-refractivity contribution in [1.82, 2.24) is 25.0 Å². The summed E-state index contributed by atoms with van der Waals surface area (Å²) in [6, 6.07) is -3.59. The lowest BCUT2D eigenvalue weighted by molar-refractivity contribution is -0.0629. The number of halogens is 1. The number of ether oxygens (including phenoxy) is 1. The molecule has 0 bridgehead atoms. The van der Waals surface area contributed by atoms with Gasteiger partial charge in [-0.05, 0) is 36.9 Å². The van der Waals surface area contributed by atoms with E-state index in [1.165, 1.54) is 6.92 Å². The molecule has 12 heteroatoms. The van der Waals surface area contributed by atoms with E-state index in [9.17, 15) is 19.7 Å². The number of aromatic nitrogens is 5. The van der Waals surface area contributed by atoms with Crippen LogP contribution in [-0.4, -0.2) is 83.5 Å². The maximum atomic E-state index is 14.7. The highest BCUT2D eigenvalue weighted by Gasteiger charge is 2.45. The van der Waals surface area contributed by atoms with Gasteiger partial charge in [-0.3, -0.25) is 0 Å². The Balaban J connectivity index is 1.55. The number of nitrogens with zero attached hydrogens (tertiary/aromatic N) is 5. The Morgan fingerprint density at radius 2 is 2.17 bits per heavy atom. The number of benzene rings is 1. The van der Waals surface area contributed by atoms with Crippen LogP contribution in [0.25, 0.3) is 11.2 Å². The Hall–Kier alpha value is -2.38. The van der Waals surface area contributed by atoms with E-state index in [2.05, 4.69) is 25.6 Å². The van der Waals surface area contributed by atoms with Crippen molar-refractivity contribution < 1.29 is 38.2 Å². The summed E-state index contributed by atoms with van der Waals surface area (Å²) in [6.45, 7) is -1.24. The Bertz CT molecular complexity index is 1650. The van der Waals surface area contributed by atoms with Crippen LogP contribution in [0, 0.1) is 12.7 Å². The number of nitrogens with one attached hydrogen (secondary N) is 1. The Morgan fingerprint density at radius 1 is 1.33 bits per heavy atom. The molecule has 4 N–H and O–H groups in total. The Morgan fingerprint density at radius 3 is 2.94 bits per heavy atom. The van der Waals surface area contributed by atoms with Gasteiger partial charge in [-0.25, -0.2) is 19.0 Å². The second-order valence-electron chi connectivity index (χ2n) is 8.37. The van der Waals surface area contributed by atoms with Gasteiger partial charge in [0.2, 0.25) is 0 Å². The van der Waals surface area contributed by atoms with Gasteiger partial charge in [0.05, 0.1) is 32.2 Å². The fourth-order valence-corrected chi connectivity index (χ4v) is 4.56. The van der Waals surface area contributed by atoms with E-state index in [1.54, 1.807) is 0 Å². The predicted molar refractivity (Wildman–Crippen MR) is 133 cm³/mol. The van der Waals surface area contributed by atoms with E-state index in [1.807, 2.05) is 0 Å². The lowest BCUT2D eigenvalue weighted by Gasteiger charge is -2.17. The van der Waals surface area contributed by atoms with Crippen molar-refractivity contribution in [3.8, 4) is 0 Å². The molecule has 0 unspecified atom stereocenters. The van der Waals surface area contributed by atoms with Crippen LogP contribution < -0.4 is 5.32 Å². The Labute approximate surface area is 226 Å². The van der Waals surface area contributed by atoms with Crippen LogP contribution in [0.5, 0.6) is 0 Å². The van der Waals surface area contributed by atoms with Crippen LogP contribution in [-0.2, 0) is 4.74 Å². The predicted octanol–water partition coefficient (Wildman–Crippen LogP) is 2.18. The summed E-state index contributed by atoms with van der Waals surface area (Å²) < 4.78 is 102. The minimum absolute atomic E-state index is 0.0352. The molecule has 0 aliphatic heterocycles. The molecular formula is C24H31FN6O4S. The molecule has 5 rings (SSSR count). The van der Waals surface area contributed by atoms with E-state index in [0.29, 0.717) is 11.8 Å². The number of aliphatic hydroxyl groups is 3. The van der Waals surface area contributed by atoms with E-state index in [-0.39, 0.29) is 46.1 Å². The normalized spacial score (nSPS) is 34.9. The third kappa shape index (κ3) is 4.92. The molecule has 10 nitrogen and oxygen atoms in total. The number of thioether (sulfide) groups is 1. The van der Waals surface area contributed by atoms with Crippen molar-refractivity contribution in [3.63, 3.8) is 0 Å². The molecule has 194 valence electrons. The smallest absolute Gasteiger partial charge is 0.191 e. The standard InChI is InChI=1S/C24H31FN6O4S/c1-3-8-36-24-27-22(26-16-10-14(16)13-5-4-12(2)15(25)9-13)19-23(28-24)31(30-29-19)17-11-18(35-7-6-32)21(34)20(17)33/h4-5,9,14,16-18,20-21,32-34H,3,6-8,10-11H2,1-2H3,(H,26,27,28)/t14-,16+,17+,18-,20-,21+/m0/s1/i3D2,4D,5D,7D2,8D2,9D,14D. The maximum absolute atomic E-state index is 14.7. The van der Waals surface area contributed by atoms with Gasteiger partial charge in [0, 0.05) is 30.9 Å². The molecule has 3 aromatic rings. The SMILES string of the molecule is [2H]c1c([2H])c([C@]2([2H])C[C@H]2Nc2nc(SC([2H])([2H])C([2H])([2H])C)nc3c2nnn3[C@@H]2C[C@H](OC([2H])([2H])CO)[C@@H](O)[C@H]2O)c([2H])c(F)c1C. The summed E-state index contributed by atoms with van der Waals surface area (Å²) >= 11 is 0.335. The minimum Gasteiger partial charge on any atom is -0.394 e. The van der Waals surface area contributed by atoms with Gasteiger partial charge in [0.15, 0.2) is 22.1 Å². The molecule has 2 aliphatic carbocycles. The summed E-state index contributed by atoms with van der Waals surface area (Å²) in [5.74, 6) is -2.85. The molecule has 6 atom stereocenters. The zero-order chi connectivity index (χ0) is 34.3. The van der Waals surface area contributed by atoms with Crippen LogP contribution in [0.15, 0.2) is 23.3 Å². The van der Waals surface area contributed by atoms with E-state index >= 15 is 0 Å². The quantitative estimate of drug-likeness (QED) is 0.229. The molecule has 0 spiro atoms.